The van der Waals surface area contributed by atoms with Crippen molar-refractivity contribution in [3.05, 3.63) is 77.4 Å². The predicted octanol–water partition coefficient (Wildman–Crippen LogP) is 3.18. The number of rotatable bonds is 7. The van der Waals surface area contributed by atoms with Crippen LogP contribution in [0, 0.1) is 13.8 Å². The minimum absolute atomic E-state index is 0.0849. The highest BCUT2D eigenvalue weighted by molar-refractivity contribution is 5.76. The number of aryl methyl sites for hydroxylation is 3. The Kier molecular flexibility index (Phi) is 5.79. The Bertz CT molecular complexity index is 853. The molecule has 26 heavy (non-hydrogen) atoms. The second-order valence-electron chi connectivity index (χ2n) is 6.46. The van der Waals surface area contributed by atoms with Crippen molar-refractivity contribution in [2.24, 2.45) is 0 Å². The number of carbonyl (C=O) groups is 1. The molecule has 3 aromatic rings. The van der Waals surface area contributed by atoms with Gasteiger partial charge < -0.3 is 5.32 Å². The summed E-state index contributed by atoms with van der Waals surface area (Å²) in [6.45, 7) is 4.69. The van der Waals surface area contributed by atoms with Crippen molar-refractivity contribution in [3.8, 4) is 5.69 Å². The lowest BCUT2D eigenvalue weighted by atomic mass is 10.1. The summed E-state index contributed by atoms with van der Waals surface area (Å²) in [7, 11) is 0. The minimum Gasteiger partial charge on any atom is -0.356 e. The van der Waals surface area contributed by atoms with Crippen molar-refractivity contribution in [1.82, 2.24) is 20.1 Å². The summed E-state index contributed by atoms with van der Waals surface area (Å²) in [4.78, 5) is 16.0. The molecule has 2 heterocycles. The molecule has 0 saturated carbocycles. The normalized spacial score (nSPS) is 10.7. The largest absolute Gasteiger partial charge is 0.356 e. The lowest BCUT2D eigenvalue weighted by molar-refractivity contribution is -0.121. The summed E-state index contributed by atoms with van der Waals surface area (Å²) in [6.07, 6.45) is 5.60. The van der Waals surface area contributed by atoms with Crippen LogP contribution in [0.4, 0.5) is 0 Å². The van der Waals surface area contributed by atoms with Gasteiger partial charge in [0.2, 0.25) is 5.91 Å². The maximum absolute atomic E-state index is 12.0. The first-order valence-corrected chi connectivity index (χ1v) is 8.90. The molecule has 134 valence electrons. The summed E-state index contributed by atoms with van der Waals surface area (Å²) < 4.78 is 1.94. The number of benzene rings is 1. The van der Waals surface area contributed by atoms with Gasteiger partial charge in [-0.15, -0.1) is 0 Å². The molecule has 0 aliphatic rings. The van der Waals surface area contributed by atoms with E-state index >= 15 is 0 Å². The van der Waals surface area contributed by atoms with Crippen molar-refractivity contribution in [2.45, 2.75) is 33.1 Å². The zero-order chi connectivity index (χ0) is 18.4. The first-order valence-electron chi connectivity index (χ1n) is 8.90. The molecule has 0 saturated heterocycles. The topological polar surface area (TPSA) is 59.8 Å². The molecular formula is C21H24N4O. The van der Waals surface area contributed by atoms with E-state index in [1.165, 1.54) is 5.56 Å². The van der Waals surface area contributed by atoms with Crippen molar-refractivity contribution in [1.29, 1.82) is 0 Å². The number of hydrogen-bond donors (Lipinski definition) is 1. The van der Waals surface area contributed by atoms with Crippen molar-refractivity contribution < 1.29 is 4.79 Å². The van der Waals surface area contributed by atoms with Crippen molar-refractivity contribution in [2.75, 3.05) is 6.54 Å². The van der Waals surface area contributed by atoms with Gasteiger partial charge in [0.05, 0.1) is 11.4 Å². The summed E-state index contributed by atoms with van der Waals surface area (Å²) >= 11 is 0. The average Bonchev–Trinajstić information content (AvgIpc) is 2.99. The first kappa shape index (κ1) is 17.9. The van der Waals surface area contributed by atoms with E-state index in [0.717, 1.165) is 35.5 Å². The van der Waals surface area contributed by atoms with E-state index < -0.39 is 0 Å². The molecule has 0 bridgehead atoms. The Balaban J connectivity index is 1.45. The van der Waals surface area contributed by atoms with Gasteiger partial charge in [0, 0.05) is 31.1 Å². The summed E-state index contributed by atoms with van der Waals surface area (Å²) in [6, 6.07) is 14.2. The van der Waals surface area contributed by atoms with E-state index in [1.54, 1.807) is 12.4 Å². The monoisotopic (exact) mass is 348 g/mol. The molecule has 5 heteroatoms. The zero-order valence-corrected chi connectivity index (χ0v) is 15.3. The van der Waals surface area contributed by atoms with Gasteiger partial charge in [-0.1, -0.05) is 12.1 Å². The third-order valence-electron chi connectivity index (χ3n) is 4.32. The van der Waals surface area contributed by atoms with Crippen LogP contribution in [0.1, 0.15) is 28.9 Å². The van der Waals surface area contributed by atoms with Crippen LogP contribution < -0.4 is 5.32 Å². The summed E-state index contributed by atoms with van der Waals surface area (Å²) in [5.41, 5.74) is 5.50. The molecule has 0 aliphatic heterocycles. The van der Waals surface area contributed by atoms with Crippen LogP contribution >= 0.6 is 0 Å². The quantitative estimate of drug-likeness (QED) is 0.713. The van der Waals surface area contributed by atoms with Crippen molar-refractivity contribution >= 4 is 5.91 Å². The van der Waals surface area contributed by atoms with Crippen LogP contribution in [0.5, 0.6) is 0 Å². The molecule has 2 aromatic heterocycles. The number of aromatic nitrogens is 3. The molecule has 1 amide bonds. The van der Waals surface area contributed by atoms with Crippen LogP contribution in [-0.4, -0.2) is 27.2 Å². The Labute approximate surface area is 154 Å². The second-order valence-corrected chi connectivity index (χ2v) is 6.46. The third-order valence-corrected chi connectivity index (χ3v) is 4.32. The van der Waals surface area contributed by atoms with Gasteiger partial charge in [-0.3, -0.25) is 9.78 Å². The molecule has 0 spiro atoms. The molecular weight excluding hydrogens is 324 g/mol. The van der Waals surface area contributed by atoms with Gasteiger partial charge >= 0.3 is 0 Å². The maximum atomic E-state index is 12.0. The predicted molar refractivity (Wildman–Crippen MR) is 102 cm³/mol. The zero-order valence-electron chi connectivity index (χ0n) is 15.3. The van der Waals surface area contributed by atoms with Crippen LogP contribution in [-0.2, 0) is 17.6 Å². The van der Waals surface area contributed by atoms with E-state index in [2.05, 4.69) is 45.7 Å². The fourth-order valence-corrected chi connectivity index (χ4v) is 2.94. The number of carbonyl (C=O) groups excluding carboxylic acids is 1. The molecule has 0 fully saturated rings. The molecule has 3 rings (SSSR count). The highest BCUT2D eigenvalue weighted by atomic mass is 16.1. The fraction of sp³-hybridized carbons (Fsp3) is 0.286. The highest BCUT2D eigenvalue weighted by Crippen LogP contribution is 2.14. The smallest absolute Gasteiger partial charge is 0.220 e. The summed E-state index contributed by atoms with van der Waals surface area (Å²) in [5, 5.41) is 7.47. The standard InChI is InChI=1S/C21H24N4O/c1-16-15-17(2)25(24-16)20-6-3-18(4-7-20)5-8-21(26)23-14-11-19-9-12-22-13-10-19/h3-4,6-7,9-10,12-13,15H,5,8,11,14H2,1-2H3,(H,23,26). The van der Waals surface area contributed by atoms with E-state index in [9.17, 15) is 4.79 Å². The fourth-order valence-electron chi connectivity index (χ4n) is 2.94. The molecule has 0 aliphatic carbocycles. The van der Waals surface area contributed by atoms with Crippen LogP contribution in [0.15, 0.2) is 54.9 Å². The first-order chi connectivity index (χ1) is 12.6. The molecule has 1 N–H and O–H groups in total. The SMILES string of the molecule is Cc1cc(C)n(-c2ccc(CCC(=O)NCCc3ccncc3)cc2)n1. The van der Waals surface area contributed by atoms with E-state index in [1.807, 2.05) is 30.7 Å². The Morgan fingerprint density at radius 1 is 1.00 bits per heavy atom. The molecule has 0 radical (unpaired) electrons. The number of amides is 1. The second kappa shape index (κ2) is 8.43. The van der Waals surface area contributed by atoms with Gasteiger partial charge in [-0.05, 0) is 68.1 Å². The lowest BCUT2D eigenvalue weighted by Crippen LogP contribution is -2.25. The number of hydrogen-bond acceptors (Lipinski definition) is 3. The van der Waals surface area contributed by atoms with E-state index in [4.69, 9.17) is 0 Å². The lowest BCUT2D eigenvalue weighted by Gasteiger charge is -2.07. The number of nitrogens with zero attached hydrogens (tertiary/aromatic N) is 3. The maximum Gasteiger partial charge on any atom is 0.220 e. The summed E-state index contributed by atoms with van der Waals surface area (Å²) in [5.74, 6) is 0.0849. The van der Waals surface area contributed by atoms with Crippen LogP contribution in [0.2, 0.25) is 0 Å². The number of pyridine rings is 1. The number of nitrogens with one attached hydrogen (secondary N) is 1. The average molecular weight is 348 g/mol. The minimum atomic E-state index is 0.0849. The molecule has 0 atom stereocenters. The molecule has 0 unspecified atom stereocenters. The Morgan fingerprint density at radius 2 is 1.69 bits per heavy atom. The van der Waals surface area contributed by atoms with Gasteiger partial charge in [0.1, 0.15) is 0 Å². The van der Waals surface area contributed by atoms with E-state index in [-0.39, 0.29) is 5.91 Å². The molecule has 5 nitrogen and oxygen atoms in total. The van der Waals surface area contributed by atoms with E-state index in [0.29, 0.717) is 13.0 Å². The Morgan fingerprint density at radius 3 is 2.35 bits per heavy atom. The molecule has 1 aromatic carbocycles. The van der Waals surface area contributed by atoms with Crippen LogP contribution in [0.3, 0.4) is 0 Å². The Hall–Kier alpha value is -2.95. The van der Waals surface area contributed by atoms with Crippen molar-refractivity contribution in [3.63, 3.8) is 0 Å². The van der Waals surface area contributed by atoms with Gasteiger partial charge in [0.25, 0.3) is 0 Å². The third kappa shape index (κ3) is 4.79. The van der Waals surface area contributed by atoms with Crippen LogP contribution in [0.25, 0.3) is 5.69 Å². The van der Waals surface area contributed by atoms with Gasteiger partial charge in [-0.2, -0.15) is 5.10 Å². The highest BCUT2D eigenvalue weighted by Gasteiger charge is 2.05. The van der Waals surface area contributed by atoms with Gasteiger partial charge in [0.15, 0.2) is 0 Å². The van der Waals surface area contributed by atoms with Gasteiger partial charge in [-0.25, -0.2) is 4.68 Å².